The summed E-state index contributed by atoms with van der Waals surface area (Å²) in [4.78, 5) is 21.7. The third kappa shape index (κ3) is 4.11. The summed E-state index contributed by atoms with van der Waals surface area (Å²) in [7, 11) is 0. The van der Waals surface area contributed by atoms with E-state index in [2.05, 4.69) is 33.5 Å². The molecule has 6 nitrogen and oxygen atoms in total. The van der Waals surface area contributed by atoms with Gasteiger partial charge in [0.2, 0.25) is 0 Å². The van der Waals surface area contributed by atoms with Crippen molar-refractivity contribution in [3.05, 3.63) is 102 Å². The van der Waals surface area contributed by atoms with Crippen molar-refractivity contribution in [3.63, 3.8) is 0 Å². The first kappa shape index (κ1) is 19.5. The summed E-state index contributed by atoms with van der Waals surface area (Å²) in [6, 6.07) is 5.64. The Bertz CT molecular complexity index is 1250. The fourth-order valence-corrected chi connectivity index (χ4v) is 3.74. The molecule has 4 aromatic heterocycles. The highest BCUT2D eigenvalue weighted by molar-refractivity contribution is 7.12. The number of carbonyl (C=O) groups excluding carboxylic acids is 1. The molecule has 1 amide bonds. The van der Waals surface area contributed by atoms with E-state index in [-0.39, 0.29) is 5.91 Å². The Morgan fingerprint density at radius 3 is 2.97 bits per heavy atom. The van der Waals surface area contributed by atoms with Gasteiger partial charge in [-0.3, -0.25) is 9.78 Å². The molecule has 0 atom stereocenters. The fourth-order valence-electron chi connectivity index (χ4n) is 2.90. The van der Waals surface area contributed by atoms with Gasteiger partial charge in [-0.2, -0.15) is 5.10 Å². The standard InChI is InChI=1S/C23H19N5OS/c1-3-4-6-16(2)20-13-27-28-14-19(12-25-22(20)28)18-9-21(30-15-18)23(29)26-11-17-7-5-8-24-10-17/h3-10,12-15H,1-2,11H2,(H,26,29)/b6-4-. The number of pyridine rings is 1. The summed E-state index contributed by atoms with van der Waals surface area (Å²) < 4.78 is 1.72. The van der Waals surface area contributed by atoms with Crippen LogP contribution in [-0.4, -0.2) is 25.5 Å². The average molecular weight is 414 g/mol. The Morgan fingerprint density at radius 2 is 2.17 bits per heavy atom. The van der Waals surface area contributed by atoms with E-state index >= 15 is 0 Å². The molecule has 7 heteroatoms. The number of amides is 1. The van der Waals surface area contributed by atoms with Crippen molar-refractivity contribution < 1.29 is 4.79 Å². The topological polar surface area (TPSA) is 72.2 Å². The molecule has 0 saturated heterocycles. The molecule has 0 unspecified atom stereocenters. The molecule has 148 valence electrons. The molecule has 0 aliphatic heterocycles. The first-order chi connectivity index (χ1) is 14.7. The molecule has 0 fully saturated rings. The minimum Gasteiger partial charge on any atom is -0.347 e. The lowest BCUT2D eigenvalue weighted by molar-refractivity contribution is 0.0955. The lowest BCUT2D eigenvalue weighted by atomic mass is 10.1. The van der Waals surface area contributed by atoms with E-state index in [9.17, 15) is 4.79 Å². The molecule has 4 heterocycles. The molecule has 4 rings (SSSR count). The normalized spacial score (nSPS) is 11.1. The predicted molar refractivity (Wildman–Crippen MR) is 120 cm³/mol. The molecule has 0 bridgehead atoms. The van der Waals surface area contributed by atoms with Gasteiger partial charge in [0.05, 0.1) is 11.1 Å². The van der Waals surface area contributed by atoms with E-state index in [1.807, 2.05) is 41.9 Å². The molecule has 0 aliphatic rings. The maximum absolute atomic E-state index is 12.5. The smallest absolute Gasteiger partial charge is 0.261 e. The Morgan fingerprint density at radius 1 is 1.27 bits per heavy atom. The molecule has 1 N–H and O–H groups in total. The van der Waals surface area contributed by atoms with Gasteiger partial charge in [-0.15, -0.1) is 11.3 Å². The zero-order chi connectivity index (χ0) is 20.9. The Balaban J connectivity index is 1.51. The Kier molecular flexibility index (Phi) is 5.63. The van der Waals surface area contributed by atoms with Crippen LogP contribution in [0, 0.1) is 0 Å². The minimum absolute atomic E-state index is 0.115. The third-order valence-electron chi connectivity index (χ3n) is 4.47. The second-order valence-corrected chi connectivity index (χ2v) is 7.44. The van der Waals surface area contributed by atoms with Gasteiger partial charge in [-0.25, -0.2) is 9.50 Å². The second-order valence-electron chi connectivity index (χ2n) is 6.53. The zero-order valence-corrected chi connectivity index (χ0v) is 17.0. The lowest BCUT2D eigenvalue weighted by Crippen LogP contribution is -2.21. The van der Waals surface area contributed by atoms with Crippen molar-refractivity contribution in [1.82, 2.24) is 24.9 Å². The van der Waals surface area contributed by atoms with Gasteiger partial charge in [-0.1, -0.05) is 37.5 Å². The highest BCUT2D eigenvalue weighted by Gasteiger charge is 2.13. The van der Waals surface area contributed by atoms with Crippen LogP contribution in [0.1, 0.15) is 20.8 Å². The number of carbonyl (C=O) groups is 1. The first-order valence-corrected chi connectivity index (χ1v) is 10.1. The number of nitrogens with one attached hydrogen (secondary N) is 1. The summed E-state index contributed by atoms with van der Waals surface area (Å²) in [6.45, 7) is 8.16. The van der Waals surface area contributed by atoms with Crippen LogP contribution < -0.4 is 5.32 Å². The summed E-state index contributed by atoms with van der Waals surface area (Å²) in [6.07, 6.45) is 14.3. The third-order valence-corrected chi connectivity index (χ3v) is 5.40. The summed E-state index contributed by atoms with van der Waals surface area (Å²) in [5.41, 5.74) is 5.16. The molecule has 0 saturated carbocycles. The highest BCUT2D eigenvalue weighted by Crippen LogP contribution is 2.27. The van der Waals surface area contributed by atoms with Gasteiger partial charge >= 0.3 is 0 Å². The van der Waals surface area contributed by atoms with Crippen LogP contribution in [0.15, 0.2) is 85.9 Å². The van der Waals surface area contributed by atoms with Crippen molar-refractivity contribution in [1.29, 1.82) is 0 Å². The number of nitrogens with zero attached hydrogens (tertiary/aromatic N) is 4. The zero-order valence-electron chi connectivity index (χ0n) is 16.2. The minimum atomic E-state index is -0.115. The van der Waals surface area contributed by atoms with E-state index in [1.54, 1.807) is 35.4 Å². The molecule has 30 heavy (non-hydrogen) atoms. The van der Waals surface area contributed by atoms with E-state index in [4.69, 9.17) is 0 Å². The molecular weight excluding hydrogens is 394 g/mol. The summed E-state index contributed by atoms with van der Waals surface area (Å²) in [5, 5.41) is 9.25. The second kappa shape index (κ2) is 8.67. The fraction of sp³-hybridized carbons (Fsp3) is 0.0435. The maximum Gasteiger partial charge on any atom is 0.261 e. The lowest BCUT2D eigenvalue weighted by Gasteiger charge is -2.03. The van der Waals surface area contributed by atoms with Crippen molar-refractivity contribution in [2.75, 3.05) is 0 Å². The van der Waals surface area contributed by atoms with E-state index in [1.165, 1.54) is 11.3 Å². The molecule has 0 radical (unpaired) electrons. The van der Waals surface area contributed by atoms with Crippen molar-refractivity contribution in [2.45, 2.75) is 6.54 Å². The van der Waals surface area contributed by atoms with Gasteiger partial charge in [0.15, 0.2) is 5.65 Å². The van der Waals surface area contributed by atoms with Gasteiger partial charge in [0.25, 0.3) is 5.91 Å². The van der Waals surface area contributed by atoms with Crippen LogP contribution >= 0.6 is 11.3 Å². The Labute approximate surface area is 177 Å². The number of hydrogen-bond acceptors (Lipinski definition) is 5. The number of allylic oxidation sites excluding steroid dienone is 4. The summed E-state index contributed by atoms with van der Waals surface area (Å²) in [5.74, 6) is -0.115. The quantitative estimate of drug-likeness (QED) is 0.452. The molecule has 4 aromatic rings. The number of thiophene rings is 1. The van der Waals surface area contributed by atoms with Crippen LogP contribution in [0.5, 0.6) is 0 Å². The van der Waals surface area contributed by atoms with Crippen LogP contribution in [-0.2, 0) is 6.54 Å². The van der Waals surface area contributed by atoms with Crippen molar-refractivity contribution in [3.8, 4) is 11.1 Å². The number of rotatable bonds is 7. The van der Waals surface area contributed by atoms with Gasteiger partial charge in [0, 0.05) is 42.5 Å². The Hall–Kier alpha value is -3.84. The number of aromatic nitrogens is 4. The molecule has 0 aromatic carbocycles. The number of fused-ring (bicyclic) bond motifs is 1. The van der Waals surface area contributed by atoms with E-state index < -0.39 is 0 Å². The molecule has 0 spiro atoms. The van der Waals surface area contributed by atoms with Crippen LogP contribution in [0.3, 0.4) is 0 Å². The maximum atomic E-state index is 12.5. The van der Waals surface area contributed by atoms with Gasteiger partial charge < -0.3 is 5.32 Å². The van der Waals surface area contributed by atoms with Crippen molar-refractivity contribution in [2.24, 2.45) is 0 Å². The summed E-state index contributed by atoms with van der Waals surface area (Å²) >= 11 is 1.39. The van der Waals surface area contributed by atoms with Crippen LogP contribution in [0.4, 0.5) is 0 Å². The van der Waals surface area contributed by atoms with Crippen LogP contribution in [0.25, 0.3) is 22.3 Å². The number of hydrogen-bond donors (Lipinski definition) is 1. The van der Waals surface area contributed by atoms with Gasteiger partial charge in [0.1, 0.15) is 0 Å². The monoisotopic (exact) mass is 413 g/mol. The highest BCUT2D eigenvalue weighted by atomic mass is 32.1. The molecule has 0 aliphatic carbocycles. The SMILES string of the molecule is C=C/C=C\C(=C)c1cnn2cc(-c3csc(C(=O)NCc4cccnc4)c3)cnc12. The largest absolute Gasteiger partial charge is 0.347 e. The first-order valence-electron chi connectivity index (χ1n) is 9.23. The van der Waals surface area contributed by atoms with E-state index in [0.717, 1.165) is 33.5 Å². The predicted octanol–water partition coefficient (Wildman–Crippen LogP) is 4.54. The van der Waals surface area contributed by atoms with Crippen LogP contribution in [0.2, 0.25) is 0 Å². The van der Waals surface area contributed by atoms with Gasteiger partial charge in [-0.05, 0) is 34.2 Å². The van der Waals surface area contributed by atoms with E-state index in [0.29, 0.717) is 11.4 Å². The average Bonchev–Trinajstić information content (AvgIpc) is 3.43. The molecular formula is C23H19N5OS. The van der Waals surface area contributed by atoms with Crippen molar-refractivity contribution >= 4 is 28.5 Å².